The van der Waals surface area contributed by atoms with Crippen molar-refractivity contribution in [2.75, 3.05) is 51.4 Å². The average molecular weight is 525 g/mol. The Hall–Kier alpha value is -3.31. The van der Waals surface area contributed by atoms with Gasteiger partial charge in [0.25, 0.3) is 11.8 Å². The Morgan fingerprint density at radius 3 is 2.61 bits per heavy atom. The van der Waals surface area contributed by atoms with Gasteiger partial charge in [0.05, 0.1) is 12.2 Å². The minimum atomic E-state index is -0.509. The van der Waals surface area contributed by atoms with Crippen LogP contribution >= 0.6 is 0 Å². The summed E-state index contributed by atoms with van der Waals surface area (Å²) in [6.45, 7) is 5.54. The minimum Gasteiger partial charge on any atom is -0.461 e. The molecule has 3 fully saturated rings. The maximum absolute atomic E-state index is 13.3. The van der Waals surface area contributed by atoms with Crippen molar-refractivity contribution in [3.63, 3.8) is 0 Å². The van der Waals surface area contributed by atoms with Crippen LogP contribution in [0.15, 0.2) is 18.2 Å². The first-order valence-corrected chi connectivity index (χ1v) is 13.4. The monoisotopic (exact) mass is 524 g/mol. The summed E-state index contributed by atoms with van der Waals surface area (Å²) in [5.41, 5.74) is 7.82. The van der Waals surface area contributed by atoms with E-state index in [0.717, 1.165) is 63.1 Å². The number of hydrogen-bond acceptors (Lipinski definition) is 9. The second-order valence-corrected chi connectivity index (χ2v) is 10.3. The van der Waals surface area contributed by atoms with Gasteiger partial charge in [-0.05, 0) is 50.7 Å². The normalized spacial score (nSPS) is 22.2. The van der Waals surface area contributed by atoms with E-state index in [2.05, 4.69) is 19.9 Å². The molecule has 11 nitrogen and oxygen atoms in total. The maximum atomic E-state index is 13.3. The number of aromatic nitrogens is 3. The Morgan fingerprint density at radius 2 is 1.92 bits per heavy atom. The van der Waals surface area contributed by atoms with Crippen molar-refractivity contribution >= 4 is 17.6 Å². The number of carbonyl (C=O) groups excluding carboxylic acids is 2. The fraction of sp³-hybridized carbons (Fsp3) is 0.593. The molecule has 3 aliphatic rings. The number of piperidine rings is 1. The number of anilines is 1. The second kappa shape index (κ2) is 11.6. The quantitative estimate of drug-likeness (QED) is 0.551. The second-order valence-electron chi connectivity index (χ2n) is 10.3. The zero-order valence-corrected chi connectivity index (χ0v) is 22.1. The largest absolute Gasteiger partial charge is 0.461 e. The van der Waals surface area contributed by atoms with E-state index in [9.17, 15) is 9.59 Å². The number of amides is 2. The summed E-state index contributed by atoms with van der Waals surface area (Å²) in [5, 5.41) is 0. The van der Waals surface area contributed by atoms with Crippen LogP contribution < -0.4 is 15.4 Å². The molecule has 2 atom stereocenters. The van der Waals surface area contributed by atoms with Crippen molar-refractivity contribution in [1.82, 2.24) is 19.9 Å². The summed E-state index contributed by atoms with van der Waals surface area (Å²) in [5.74, 6) is 0.221. The standard InChI is InChI=1S/C27H36N6O5/c1-17-5-6-21(29-24(17)25(28)34)18-7-10-32(11-8-18)23-14-22(26(35)33-12-9-19(15-33)36-2)30-27(31-23)38-16-20-4-3-13-37-20/h5-6,14,18-20H,3-4,7-13,15-16H2,1-2H3,(H2,28,34)/t19-,20-/m1/s1. The Morgan fingerprint density at radius 1 is 1.11 bits per heavy atom. The van der Waals surface area contributed by atoms with Crippen molar-refractivity contribution in [1.29, 1.82) is 0 Å². The molecule has 2 aromatic rings. The minimum absolute atomic E-state index is 0.0190. The van der Waals surface area contributed by atoms with Gasteiger partial charge in [0, 0.05) is 57.6 Å². The lowest BCUT2D eigenvalue weighted by molar-refractivity contribution is 0.0638. The third kappa shape index (κ3) is 5.88. The van der Waals surface area contributed by atoms with Gasteiger partial charge in [-0.1, -0.05) is 6.07 Å². The molecule has 2 aromatic heterocycles. The van der Waals surface area contributed by atoms with Crippen molar-refractivity contribution < 1.29 is 23.8 Å². The van der Waals surface area contributed by atoms with E-state index in [1.807, 2.05) is 19.1 Å². The molecule has 0 saturated carbocycles. The molecular formula is C27H36N6O5. The molecular weight excluding hydrogens is 488 g/mol. The number of carbonyl (C=O) groups is 2. The van der Waals surface area contributed by atoms with Crippen molar-refractivity contribution in [3.8, 4) is 6.01 Å². The number of ether oxygens (including phenoxy) is 3. The summed E-state index contributed by atoms with van der Waals surface area (Å²) in [4.78, 5) is 42.7. The lowest BCUT2D eigenvalue weighted by atomic mass is 9.92. The van der Waals surface area contributed by atoms with Crippen LogP contribution in [0.4, 0.5) is 5.82 Å². The average Bonchev–Trinajstić information content (AvgIpc) is 3.64. The third-order valence-electron chi connectivity index (χ3n) is 7.69. The molecule has 0 bridgehead atoms. The summed E-state index contributed by atoms with van der Waals surface area (Å²) in [6, 6.07) is 5.83. The van der Waals surface area contributed by atoms with Gasteiger partial charge in [0.1, 0.15) is 23.8 Å². The summed E-state index contributed by atoms with van der Waals surface area (Å²) < 4.78 is 17.0. The number of likely N-dealkylation sites (tertiary alicyclic amines) is 1. The zero-order chi connectivity index (χ0) is 26.6. The SMILES string of the molecule is CO[C@@H]1CCN(C(=O)c2cc(N3CCC(c4ccc(C)c(C(N)=O)n4)CC3)nc(OC[C@H]3CCCO3)n2)C1. The smallest absolute Gasteiger partial charge is 0.319 e. The summed E-state index contributed by atoms with van der Waals surface area (Å²) in [7, 11) is 1.67. The van der Waals surface area contributed by atoms with E-state index in [1.54, 1.807) is 18.1 Å². The van der Waals surface area contributed by atoms with E-state index in [0.29, 0.717) is 36.9 Å². The zero-order valence-electron chi connectivity index (χ0n) is 22.1. The number of methoxy groups -OCH3 is 1. The first-order valence-electron chi connectivity index (χ1n) is 13.4. The van der Waals surface area contributed by atoms with E-state index in [1.165, 1.54) is 0 Å². The van der Waals surface area contributed by atoms with E-state index in [-0.39, 0.29) is 30.0 Å². The fourth-order valence-electron chi connectivity index (χ4n) is 5.38. The van der Waals surface area contributed by atoms with Crippen LogP contribution in [0.1, 0.15) is 70.3 Å². The Bertz CT molecular complexity index is 1160. The van der Waals surface area contributed by atoms with Crippen molar-refractivity contribution in [3.05, 3.63) is 40.8 Å². The lowest BCUT2D eigenvalue weighted by Crippen LogP contribution is -2.35. The van der Waals surface area contributed by atoms with Crippen LogP contribution in [0.25, 0.3) is 0 Å². The molecule has 3 aliphatic heterocycles. The highest BCUT2D eigenvalue weighted by molar-refractivity contribution is 5.93. The molecule has 0 aromatic carbocycles. The van der Waals surface area contributed by atoms with E-state index < -0.39 is 5.91 Å². The number of pyridine rings is 1. The third-order valence-corrected chi connectivity index (χ3v) is 7.69. The van der Waals surface area contributed by atoms with Crippen molar-refractivity contribution in [2.45, 2.75) is 57.2 Å². The predicted octanol–water partition coefficient (Wildman–Crippen LogP) is 2.08. The van der Waals surface area contributed by atoms with Gasteiger partial charge in [0.15, 0.2) is 0 Å². The van der Waals surface area contributed by atoms with Crippen LogP contribution in [0, 0.1) is 6.92 Å². The molecule has 2 amide bonds. The van der Waals surface area contributed by atoms with Gasteiger partial charge in [-0.3, -0.25) is 9.59 Å². The number of aryl methyl sites for hydroxylation is 1. The van der Waals surface area contributed by atoms with Crippen LogP contribution in [0.3, 0.4) is 0 Å². The highest BCUT2D eigenvalue weighted by Crippen LogP contribution is 2.30. The van der Waals surface area contributed by atoms with Crippen LogP contribution in [0.2, 0.25) is 0 Å². The molecule has 0 unspecified atom stereocenters. The molecule has 3 saturated heterocycles. The fourth-order valence-corrected chi connectivity index (χ4v) is 5.38. The van der Waals surface area contributed by atoms with Gasteiger partial charge < -0.3 is 29.7 Å². The number of primary amides is 1. The molecule has 0 aliphatic carbocycles. The van der Waals surface area contributed by atoms with Gasteiger partial charge >= 0.3 is 6.01 Å². The Balaban J connectivity index is 1.32. The molecule has 5 heterocycles. The Kier molecular flexibility index (Phi) is 8.04. The first kappa shape index (κ1) is 26.3. The summed E-state index contributed by atoms with van der Waals surface area (Å²) >= 11 is 0. The topological polar surface area (TPSA) is 133 Å². The predicted molar refractivity (Wildman–Crippen MR) is 139 cm³/mol. The van der Waals surface area contributed by atoms with Gasteiger partial charge in [0.2, 0.25) is 0 Å². The van der Waals surface area contributed by atoms with E-state index >= 15 is 0 Å². The number of nitrogens with two attached hydrogens (primary N) is 1. The number of nitrogens with zero attached hydrogens (tertiary/aromatic N) is 5. The van der Waals surface area contributed by atoms with Gasteiger partial charge in [-0.2, -0.15) is 9.97 Å². The highest BCUT2D eigenvalue weighted by Gasteiger charge is 2.30. The van der Waals surface area contributed by atoms with Crippen molar-refractivity contribution in [2.24, 2.45) is 5.73 Å². The lowest BCUT2D eigenvalue weighted by Gasteiger charge is -2.33. The van der Waals surface area contributed by atoms with Crippen LogP contribution in [-0.2, 0) is 9.47 Å². The molecule has 38 heavy (non-hydrogen) atoms. The summed E-state index contributed by atoms with van der Waals surface area (Å²) in [6.07, 6.45) is 4.48. The highest BCUT2D eigenvalue weighted by atomic mass is 16.5. The first-order chi connectivity index (χ1) is 18.4. The van der Waals surface area contributed by atoms with Gasteiger partial charge in [-0.25, -0.2) is 4.98 Å². The maximum Gasteiger partial charge on any atom is 0.319 e. The molecule has 11 heteroatoms. The number of rotatable bonds is 8. The molecule has 2 N–H and O–H groups in total. The molecule has 0 spiro atoms. The Labute approximate surface area is 222 Å². The van der Waals surface area contributed by atoms with E-state index in [4.69, 9.17) is 19.9 Å². The molecule has 0 radical (unpaired) electrons. The van der Waals surface area contributed by atoms with Crippen LogP contribution in [0.5, 0.6) is 6.01 Å². The van der Waals surface area contributed by atoms with Gasteiger partial charge in [-0.15, -0.1) is 0 Å². The molecule has 204 valence electrons. The van der Waals surface area contributed by atoms with Crippen LogP contribution in [-0.4, -0.2) is 90.4 Å². The molecule has 5 rings (SSSR count). The number of hydrogen-bond donors (Lipinski definition) is 1.